The number of anilines is 1. The van der Waals surface area contributed by atoms with Gasteiger partial charge < -0.3 is 10.6 Å². The Kier molecular flexibility index (Phi) is 5.19. The van der Waals surface area contributed by atoms with Crippen LogP contribution in [0.5, 0.6) is 0 Å². The summed E-state index contributed by atoms with van der Waals surface area (Å²) in [5.74, 6) is 0. The molecule has 1 unspecified atom stereocenters. The van der Waals surface area contributed by atoms with Crippen molar-refractivity contribution >= 4 is 23.0 Å². The van der Waals surface area contributed by atoms with Gasteiger partial charge in [-0.2, -0.15) is 0 Å². The molecule has 2 aromatic rings. The number of aryl methyl sites for hydroxylation is 4. The van der Waals surface area contributed by atoms with Gasteiger partial charge in [0.2, 0.25) is 0 Å². The minimum Gasteiger partial charge on any atom is -0.356 e. The fourth-order valence-electron chi connectivity index (χ4n) is 2.53. The Hall–Kier alpha value is -1.87. The summed E-state index contributed by atoms with van der Waals surface area (Å²) >= 11 is 5.47. The molecular formula is C19H24N2S. The normalized spacial score (nSPS) is 11.9. The van der Waals surface area contributed by atoms with Crippen LogP contribution in [-0.2, 0) is 0 Å². The summed E-state index contributed by atoms with van der Waals surface area (Å²) in [4.78, 5) is 0. The number of hydrogen-bond donors (Lipinski definition) is 2. The van der Waals surface area contributed by atoms with E-state index in [1.54, 1.807) is 0 Å². The van der Waals surface area contributed by atoms with Gasteiger partial charge in [-0.25, -0.2) is 0 Å². The second-order valence-corrected chi connectivity index (χ2v) is 6.41. The molecule has 0 fully saturated rings. The SMILES string of the molecule is Cc1ccc(C)c(NC(=S)NC(C)c2cc(C)ccc2C)c1. The third-order valence-electron chi connectivity index (χ3n) is 3.89. The lowest BCUT2D eigenvalue weighted by Gasteiger charge is -2.20. The van der Waals surface area contributed by atoms with Gasteiger partial charge in [-0.05, 0) is 75.2 Å². The molecule has 2 nitrogen and oxygen atoms in total. The molecule has 0 radical (unpaired) electrons. The summed E-state index contributed by atoms with van der Waals surface area (Å²) in [5.41, 5.74) is 7.30. The van der Waals surface area contributed by atoms with Crippen molar-refractivity contribution in [2.45, 2.75) is 40.7 Å². The molecule has 116 valence electrons. The molecule has 0 saturated carbocycles. The van der Waals surface area contributed by atoms with Crippen LogP contribution in [0.3, 0.4) is 0 Å². The van der Waals surface area contributed by atoms with Gasteiger partial charge in [-0.1, -0.05) is 35.9 Å². The van der Waals surface area contributed by atoms with Crippen LogP contribution in [0.2, 0.25) is 0 Å². The van der Waals surface area contributed by atoms with E-state index in [0.29, 0.717) is 5.11 Å². The minimum atomic E-state index is 0.171. The smallest absolute Gasteiger partial charge is 0.171 e. The highest BCUT2D eigenvalue weighted by Gasteiger charge is 2.10. The monoisotopic (exact) mass is 312 g/mol. The average molecular weight is 312 g/mol. The molecule has 0 saturated heterocycles. The van der Waals surface area contributed by atoms with E-state index < -0.39 is 0 Å². The summed E-state index contributed by atoms with van der Waals surface area (Å²) in [6.07, 6.45) is 0. The first-order valence-corrected chi connectivity index (χ1v) is 7.99. The van der Waals surface area contributed by atoms with E-state index in [1.807, 2.05) is 0 Å². The van der Waals surface area contributed by atoms with E-state index in [0.717, 1.165) is 5.69 Å². The Bertz CT molecular complexity index is 692. The lowest BCUT2D eigenvalue weighted by atomic mass is 10.0. The van der Waals surface area contributed by atoms with Crippen molar-refractivity contribution < 1.29 is 0 Å². The van der Waals surface area contributed by atoms with Gasteiger partial charge in [0.05, 0.1) is 6.04 Å². The van der Waals surface area contributed by atoms with E-state index in [9.17, 15) is 0 Å². The molecule has 3 heteroatoms. The molecule has 22 heavy (non-hydrogen) atoms. The van der Waals surface area contributed by atoms with Gasteiger partial charge in [0, 0.05) is 5.69 Å². The summed E-state index contributed by atoms with van der Waals surface area (Å²) in [6.45, 7) is 10.5. The number of thiocarbonyl (C=S) groups is 1. The summed E-state index contributed by atoms with van der Waals surface area (Å²) < 4.78 is 0. The molecule has 0 heterocycles. The predicted molar refractivity (Wildman–Crippen MR) is 99.6 cm³/mol. The van der Waals surface area contributed by atoms with Crippen molar-refractivity contribution in [2.75, 3.05) is 5.32 Å². The summed E-state index contributed by atoms with van der Waals surface area (Å²) in [7, 11) is 0. The Morgan fingerprint density at radius 1 is 0.909 bits per heavy atom. The molecule has 2 N–H and O–H groups in total. The molecule has 0 aliphatic carbocycles. The zero-order valence-electron chi connectivity index (χ0n) is 13.9. The van der Waals surface area contributed by atoms with Crippen LogP contribution in [0.25, 0.3) is 0 Å². The largest absolute Gasteiger partial charge is 0.356 e. The van der Waals surface area contributed by atoms with Crippen molar-refractivity contribution in [3.63, 3.8) is 0 Å². The predicted octanol–water partition coefficient (Wildman–Crippen LogP) is 4.97. The first-order valence-electron chi connectivity index (χ1n) is 7.58. The Balaban J connectivity index is 2.08. The second-order valence-electron chi connectivity index (χ2n) is 6.00. The molecule has 0 aliphatic heterocycles. The topological polar surface area (TPSA) is 24.1 Å². The number of benzene rings is 2. The summed E-state index contributed by atoms with van der Waals surface area (Å²) in [6, 6.07) is 13.0. The zero-order chi connectivity index (χ0) is 16.3. The van der Waals surface area contributed by atoms with Crippen LogP contribution in [-0.4, -0.2) is 5.11 Å². The van der Waals surface area contributed by atoms with Crippen LogP contribution >= 0.6 is 12.2 Å². The van der Waals surface area contributed by atoms with Crippen molar-refractivity contribution in [3.05, 3.63) is 64.2 Å². The van der Waals surface area contributed by atoms with E-state index in [4.69, 9.17) is 12.2 Å². The molecule has 0 aromatic heterocycles. The van der Waals surface area contributed by atoms with Gasteiger partial charge in [0.1, 0.15) is 0 Å². The lowest BCUT2D eigenvalue weighted by Crippen LogP contribution is -2.31. The Morgan fingerprint density at radius 3 is 2.18 bits per heavy atom. The fraction of sp³-hybridized carbons (Fsp3) is 0.316. The molecule has 0 amide bonds. The molecule has 0 aliphatic rings. The van der Waals surface area contributed by atoms with Crippen LogP contribution in [0, 0.1) is 27.7 Å². The number of nitrogens with one attached hydrogen (secondary N) is 2. The molecule has 0 spiro atoms. The van der Waals surface area contributed by atoms with Gasteiger partial charge in [0.15, 0.2) is 5.11 Å². The average Bonchev–Trinajstić information content (AvgIpc) is 2.45. The standard InChI is InChI=1S/C19H24N2S/c1-12-6-8-14(3)17(10-12)16(5)20-19(22)21-18-11-13(2)7-9-15(18)4/h6-11,16H,1-5H3,(H2,20,21,22). The third-order valence-corrected chi connectivity index (χ3v) is 4.11. The van der Waals surface area contributed by atoms with Crippen LogP contribution in [0.15, 0.2) is 36.4 Å². The molecular weight excluding hydrogens is 288 g/mol. The molecule has 0 bridgehead atoms. The quantitative estimate of drug-likeness (QED) is 0.783. The lowest BCUT2D eigenvalue weighted by molar-refractivity contribution is 0.716. The number of rotatable bonds is 3. The first kappa shape index (κ1) is 16.5. The van der Waals surface area contributed by atoms with Gasteiger partial charge in [-0.15, -0.1) is 0 Å². The van der Waals surface area contributed by atoms with Crippen LogP contribution in [0.4, 0.5) is 5.69 Å². The fourth-order valence-corrected chi connectivity index (χ4v) is 2.82. The zero-order valence-corrected chi connectivity index (χ0v) is 14.8. The summed E-state index contributed by atoms with van der Waals surface area (Å²) in [5, 5.41) is 7.34. The van der Waals surface area contributed by atoms with E-state index in [1.165, 1.54) is 27.8 Å². The van der Waals surface area contributed by atoms with Gasteiger partial charge in [0.25, 0.3) is 0 Å². The van der Waals surface area contributed by atoms with E-state index >= 15 is 0 Å². The van der Waals surface area contributed by atoms with Crippen molar-refractivity contribution in [1.82, 2.24) is 5.32 Å². The van der Waals surface area contributed by atoms with Gasteiger partial charge >= 0.3 is 0 Å². The number of hydrogen-bond acceptors (Lipinski definition) is 1. The highest BCUT2D eigenvalue weighted by molar-refractivity contribution is 7.80. The van der Waals surface area contributed by atoms with Crippen molar-refractivity contribution in [1.29, 1.82) is 0 Å². The first-order chi connectivity index (χ1) is 10.4. The highest BCUT2D eigenvalue weighted by atomic mass is 32.1. The third kappa shape index (κ3) is 4.08. The van der Waals surface area contributed by atoms with Crippen LogP contribution in [0.1, 0.15) is 40.8 Å². The molecule has 2 rings (SSSR count). The van der Waals surface area contributed by atoms with Crippen molar-refractivity contribution in [2.24, 2.45) is 0 Å². The molecule has 1 atom stereocenters. The maximum absolute atomic E-state index is 5.47. The highest BCUT2D eigenvalue weighted by Crippen LogP contribution is 2.20. The van der Waals surface area contributed by atoms with Crippen molar-refractivity contribution in [3.8, 4) is 0 Å². The van der Waals surface area contributed by atoms with E-state index in [-0.39, 0.29) is 6.04 Å². The van der Waals surface area contributed by atoms with E-state index in [2.05, 4.69) is 81.7 Å². The maximum Gasteiger partial charge on any atom is 0.171 e. The Labute approximate surface area is 139 Å². The minimum absolute atomic E-state index is 0.171. The van der Waals surface area contributed by atoms with Crippen LogP contribution < -0.4 is 10.6 Å². The van der Waals surface area contributed by atoms with Gasteiger partial charge in [-0.3, -0.25) is 0 Å². The maximum atomic E-state index is 5.47. The molecule has 2 aromatic carbocycles. The Morgan fingerprint density at radius 2 is 1.50 bits per heavy atom. The second kappa shape index (κ2) is 6.93.